The number of alkyl halides is 1. The van der Waals surface area contributed by atoms with Crippen molar-refractivity contribution in [3.05, 3.63) is 68.5 Å². The highest BCUT2D eigenvalue weighted by atomic mass is 127. The Morgan fingerprint density at radius 2 is 1.94 bits per heavy atom. The van der Waals surface area contributed by atoms with Crippen molar-refractivity contribution >= 4 is 34.2 Å². The molecule has 0 aliphatic heterocycles. The third-order valence-electron chi connectivity index (χ3n) is 2.96. The molecule has 0 heterocycles. The molecule has 0 aliphatic carbocycles. The van der Waals surface area contributed by atoms with Crippen LogP contribution in [0.15, 0.2) is 42.5 Å². The molecule has 0 aliphatic rings. The van der Waals surface area contributed by atoms with Crippen LogP contribution in [0.1, 0.15) is 22.1 Å². The number of halogens is 3. The molecule has 0 bridgehead atoms. The number of hydrogen-bond acceptors (Lipinski definition) is 0. The molecule has 2 rings (SSSR count). The van der Waals surface area contributed by atoms with Crippen molar-refractivity contribution in [1.82, 2.24) is 0 Å². The van der Waals surface area contributed by atoms with Gasteiger partial charge < -0.3 is 0 Å². The molecule has 1 unspecified atom stereocenters. The summed E-state index contributed by atoms with van der Waals surface area (Å²) >= 11 is 8.57. The van der Waals surface area contributed by atoms with E-state index in [-0.39, 0.29) is 11.2 Å². The molecule has 0 spiro atoms. The Balaban J connectivity index is 2.22. The number of benzene rings is 2. The van der Waals surface area contributed by atoms with Gasteiger partial charge in [0.05, 0.1) is 5.38 Å². The van der Waals surface area contributed by atoms with Gasteiger partial charge >= 0.3 is 0 Å². The maximum atomic E-state index is 13.1. The quantitative estimate of drug-likeness (QED) is 0.508. The van der Waals surface area contributed by atoms with Crippen LogP contribution in [0.4, 0.5) is 4.39 Å². The van der Waals surface area contributed by atoms with Crippen molar-refractivity contribution < 1.29 is 4.39 Å². The van der Waals surface area contributed by atoms with E-state index in [4.69, 9.17) is 11.6 Å². The van der Waals surface area contributed by atoms with Crippen molar-refractivity contribution in [2.24, 2.45) is 0 Å². The van der Waals surface area contributed by atoms with E-state index in [9.17, 15) is 4.39 Å². The van der Waals surface area contributed by atoms with E-state index in [1.807, 2.05) is 12.1 Å². The molecule has 18 heavy (non-hydrogen) atoms. The Kier molecular flexibility index (Phi) is 4.62. The van der Waals surface area contributed by atoms with Gasteiger partial charge in [0.25, 0.3) is 0 Å². The van der Waals surface area contributed by atoms with Crippen LogP contribution < -0.4 is 0 Å². The highest BCUT2D eigenvalue weighted by Gasteiger charge is 2.13. The third-order valence-corrected chi connectivity index (χ3v) is 4.28. The maximum Gasteiger partial charge on any atom is 0.124 e. The molecule has 0 saturated heterocycles. The molecule has 0 nitrogen and oxygen atoms in total. The standard InChI is InChI=1S/C15H13ClFI/c1-10-4-2-3-5-11(10)8-14(16)13-7-6-12(17)9-15(13)18/h2-7,9,14H,8H2,1H3. The minimum Gasteiger partial charge on any atom is -0.207 e. The van der Waals surface area contributed by atoms with Gasteiger partial charge in [0.2, 0.25) is 0 Å². The molecular weight excluding hydrogens is 362 g/mol. The Morgan fingerprint density at radius 1 is 1.22 bits per heavy atom. The molecule has 1 atom stereocenters. The van der Waals surface area contributed by atoms with Crippen LogP contribution in [0.2, 0.25) is 0 Å². The SMILES string of the molecule is Cc1ccccc1CC(Cl)c1ccc(F)cc1I. The lowest BCUT2D eigenvalue weighted by atomic mass is 10.0. The topological polar surface area (TPSA) is 0 Å². The third kappa shape index (κ3) is 3.23. The lowest BCUT2D eigenvalue weighted by Crippen LogP contribution is -2.00. The van der Waals surface area contributed by atoms with E-state index in [2.05, 4.69) is 41.6 Å². The Labute approximate surface area is 125 Å². The highest BCUT2D eigenvalue weighted by Crippen LogP contribution is 2.30. The zero-order valence-electron chi connectivity index (χ0n) is 9.96. The fraction of sp³-hybridized carbons (Fsp3) is 0.200. The summed E-state index contributed by atoms with van der Waals surface area (Å²) in [4.78, 5) is 0. The molecule has 2 aromatic rings. The summed E-state index contributed by atoms with van der Waals surface area (Å²) in [7, 11) is 0. The van der Waals surface area contributed by atoms with Crippen LogP contribution >= 0.6 is 34.2 Å². The molecular formula is C15H13ClFI. The highest BCUT2D eigenvalue weighted by molar-refractivity contribution is 14.1. The first-order valence-corrected chi connectivity index (χ1v) is 7.23. The van der Waals surface area contributed by atoms with E-state index < -0.39 is 0 Å². The van der Waals surface area contributed by atoms with Crippen molar-refractivity contribution in [3.8, 4) is 0 Å². The number of aryl methyl sites for hydroxylation is 1. The first-order valence-electron chi connectivity index (χ1n) is 5.71. The van der Waals surface area contributed by atoms with Gasteiger partial charge in [0, 0.05) is 3.57 Å². The fourth-order valence-electron chi connectivity index (χ4n) is 1.90. The zero-order chi connectivity index (χ0) is 13.1. The zero-order valence-corrected chi connectivity index (χ0v) is 12.9. The smallest absolute Gasteiger partial charge is 0.124 e. The Bertz CT molecular complexity index is 554. The number of hydrogen-bond donors (Lipinski definition) is 0. The van der Waals surface area contributed by atoms with Crippen LogP contribution in [0.25, 0.3) is 0 Å². The van der Waals surface area contributed by atoms with Crippen molar-refractivity contribution in [2.45, 2.75) is 18.7 Å². The van der Waals surface area contributed by atoms with E-state index in [1.165, 1.54) is 23.3 Å². The van der Waals surface area contributed by atoms with Crippen LogP contribution in [0, 0.1) is 16.3 Å². The summed E-state index contributed by atoms with van der Waals surface area (Å²) in [5, 5.41) is -0.126. The van der Waals surface area contributed by atoms with E-state index >= 15 is 0 Å². The minimum absolute atomic E-state index is 0.126. The molecule has 0 fully saturated rings. The monoisotopic (exact) mass is 374 g/mol. The summed E-state index contributed by atoms with van der Waals surface area (Å²) in [5.74, 6) is -0.220. The lowest BCUT2D eigenvalue weighted by molar-refractivity contribution is 0.625. The van der Waals surface area contributed by atoms with Crippen molar-refractivity contribution in [2.75, 3.05) is 0 Å². The average Bonchev–Trinajstić information content (AvgIpc) is 2.32. The average molecular weight is 375 g/mol. The lowest BCUT2D eigenvalue weighted by Gasteiger charge is -2.13. The van der Waals surface area contributed by atoms with Crippen LogP contribution in [-0.2, 0) is 6.42 Å². The van der Waals surface area contributed by atoms with Crippen molar-refractivity contribution in [3.63, 3.8) is 0 Å². The second-order valence-corrected chi connectivity index (χ2v) is 5.95. The second-order valence-electron chi connectivity index (χ2n) is 4.26. The second kappa shape index (κ2) is 6.02. The van der Waals surface area contributed by atoms with Gasteiger partial charge in [-0.2, -0.15) is 0 Å². The molecule has 0 saturated carbocycles. The summed E-state index contributed by atoms with van der Waals surface area (Å²) in [6, 6.07) is 12.9. The van der Waals surface area contributed by atoms with Crippen LogP contribution in [0.3, 0.4) is 0 Å². The largest absolute Gasteiger partial charge is 0.207 e. The molecule has 94 valence electrons. The summed E-state index contributed by atoms with van der Waals surface area (Å²) in [6.45, 7) is 2.08. The predicted molar refractivity (Wildman–Crippen MR) is 82.6 cm³/mol. The van der Waals surface area contributed by atoms with Gasteiger partial charge in [0.15, 0.2) is 0 Å². The van der Waals surface area contributed by atoms with E-state index in [0.717, 1.165) is 15.6 Å². The first kappa shape index (κ1) is 13.8. The van der Waals surface area contributed by atoms with E-state index in [1.54, 1.807) is 6.07 Å². The number of rotatable bonds is 3. The molecule has 0 N–H and O–H groups in total. The Morgan fingerprint density at radius 3 is 2.61 bits per heavy atom. The van der Waals surface area contributed by atoms with Gasteiger partial charge in [-0.1, -0.05) is 30.3 Å². The summed E-state index contributed by atoms with van der Waals surface area (Å²) in [6.07, 6.45) is 0.760. The molecule has 0 amide bonds. The fourth-order valence-corrected chi connectivity index (χ4v) is 3.29. The molecule has 3 heteroatoms. The van der Waals surface area contributed by atoms with Gasteiger partial charge in [0.1, 0.15) is 5.82 Å². The van der Waals surface area contributed by atoms with Crippen molar-refractivity contribution in [1.29, 1.82) is 0 Å². The van der Waals surface area contributed by atoms with Crippen LogP contribution in [0.5, 0.6) is 0 Å². The minimum atomic E-state index is -0.220. The first-order chi connectivity index (χ1) is 8.58. The van der Waals surface area contributed by atoms with Gasteiger partial charge in [-0.3, -0.25) is 0 Å². The molecule has 0 aromatic heterocycles. The molecule has 2 aromatic carbocycles. The van der Waals surface area contributed by atoms with E-state index in [0.29, 0.717) is 0 Å². The van der Waals surface area contributed by atoms with Gasteiger partial charge in [-0.05, 0) is 64.8 Å². The predicted octanol–water partition coefficient (Wildman–Crippen LogP) is 5.26. The normalized spacial score (nSPS) is 12.4. The maximum absolute atomic E-state index is 13.1. The Hall–Kier alpha value is -0.610. The van der Waals surface area contributed by atoms with Crippen LogP contribution in [-0.4, -0.2) is 0 Å². The summed E-state index contributed by atoms with van der Waals surface area (Å²) < 4.78 is 13.9. The van der Waals surface area contributed by atoms with Gasteiger partial charge in [-0.15, -0.1) is 11.6 Å². The van der Waals surface area contributed by atoms with Gasteiger partial charge in [-0.25, -0.2) is 4.39 Å². The molecule has 0 radical (unpaired) electrons. The summed E-state index contributed by atoms with van der Waals surface area (Å²) in [5.41, 5.74) is 3.46.